The first-order chi connectivity index (χ1) is 15.4. The van der Waals surface area contributed by atoms with Gasteiger partial charge in [-0.05, 0) is 79.8 Å². The lowest BCUT2D eigenvalue weighted by molar-refractivity contribution is -0.137. The highest BCUT2D eigenvalue weighted by atomic mass is 19.4. The van der Waals surface area contributed by atoms with Crippen molar-refractivity contribution in [3.63, 3.8) is 0 Å². The predicted molar refractivity (Wildman–Crippen MR) is 116 cm³/mol. The van der Waals surface area contributed by atoms with Gasteiger partial charge in [-0.25, -0.2) is 0 Å². The monoisotopic (exact) mass is 444 g/mol. The molecule has 0 unspecified atom stereocenters. The number of rotatable bonds is 6. The third-order valence-electron chi connectivity index (χ3n) is 6.67. The first-order valence-electron chi connectivity index (χ1n) is 11.1. The highest BCUT2D eigenvalue weighted by Gasteiger charge is 2.34. The lowest BCUT2D eigenvalue weighted by Gasteiger charge is -2.35. The van der Waals surface area contributed by atoms with Crippen LogP contribution in [0.3, 0.4) is 0 Å². The molecule has 170 valence electrons. The van der Waals surface area contributed by atoms with Crippen LogP contribution in [0.15, 0.2) is 42.5 Å². The van der Waals surface area contributed by atoms with E-state index in [2.05, 4.69) is 12.1 Å². The molecule has 0 amide bonds. The molecule has 0 aromatic heterocycles. The van der Waals surface area contributed by atoms with Crippen LogP contribution in [0.5, 0.6) is 5.75 Å². The molecule has 4 rings (SSSR count). The van der Waals surface area contributed by atoms with E-state index in [1.54, 1.807) is 12.1 Å². The van der Waals surface area contributed by atoms with Crippen LogP contribution in [0, 0.1) is 17.2 Å². The van der Waals surface area contributed by atoms with Crippen LogP contribution in [0.25, 0.3) is 0 Å². The van der Waals surface area contributed by atoms with E-state index >= 15 is 0 Å². The minimum Gasteiger partial charge on any atom is -0.490 e. The second-order valence-corrected chi connectivity index (χ2v) is 8.76. The van der Waals surface area contributed by atoms with E-state index in [-0.39, 0.29) is 18.3 Å². The zero-order chi connectivity index (χ0) is 22.7. The Morgan fingerprint density at radius 1 is 1.06 bits per heavy atom. The molecule has 2 aliphatic rings. The largest absolute Gasteiger partial charge is 0.490 e. The van der Waals surface area contributed by atoms with Crippen molar-refractivity contribution in [1.82, 2.24) is 0 Å². The van der Waals surface area contributed by atoms with Crippen LogP contribution in [-0.2, 0) is 6.18 Å². The first kappa shape index (κ1) is 22.5. The molecule has 0 bridgehead atoms. The molecule has 1 N–H and O–H groups in total. The second kappa shape index (κ2) is 9.41. The normalized spacial score (nSPS) is 21.7. The van der Waals surface area contributed by atoms with Gasteiger partial charge in [-0.1, -0.05) is 12.1 Å². The average molecular weight is 444 g/mol. The zero-order valence-electron chi connectivity index (χ0n) is 17.8. The number of hydrogen-bond donors (Lipinski definition) is 1. The maximum Gasteiger partial charge on any atom is 0.417 e. The minimum atomic E-state index is -4.54. The van der Waals surface area contributed by atoms with Crippen molar-refractivity contribution in [3.8, 4) is 11.8 Å². The van der Waals surface area contributed by atoms with E-state index in [4.69, 9.17) is 15.1 Å². The van der Waals surface area contributed by atoms with Crippen LogP contribution >= 0.6 is 0 Å². The Hall–Kier alpha value is -2.72. The van der Waals surface area contributed by atoms with E-state index in [0.29, 0.717) is 30.6 Å². The van der Waals surface area contributed by atoms with Crippen molar-refractivity contribution in [2.75, 3.05) is 24.6 Å². The quantitative estimate of drug-likeness (QED) is 0.639. The van der Waals surface area contributed by atoms with Crippen molar-refractivity contribution in [2.24, 2.45) is 5.92 Å². The van der Waals surface area contributed by atoms with Gasteiger partial charge in [-0.15, -0.1) is 0 Å². The molecule has 2 fully saturated rings. The Labute approximate surface area is 186 Å². The van der Waals surface area contributed by atoms with Crippen molar-refractivity contribution < 1.29 is 23.0 Å². The molecule has 1 heterocycles. The topological polar surface area (TPSA) is 56.5 Å². The number of anilines is 1. The summed E-state index contributed by atoms with van der Waals surface area (Å²) in [6, 6.07) is 13.8. The van der Waals surface area contributed by atoms with Gasteiger partial charge in [0.05, 0.1) is 23.3 Å². The van der Waals surface area contributed by atoms with Crippen LogP contribution in [0.4, 0.5) is 18.9 Å². The molecule has 1 aliphatic heterocycles. The van der Waals surface area contributed by atoms with E-state index in [1.165, 1.54) is 11.6 Å². The number of piperidine rings is 1. The molecule has 7 heteroatoms. The molecule has 0 spiro atoms. The summed E-state index contributed by atoms with van der Waals surface area (Å²) < 4.78 is 45.8. The molecular weight excluding hydrogens is 417 g/mol. The summed E-state index contributed by atoms with van der Waals surface area (Å²) in [7, 11) is 0. The molecule has 4 nitrogen and oxygen atoms in total. The van der Waals surface area contributed by atoms with Gasteiger partial charge in [0.25, 0.3) is 0 Å². The van der Waals surface area contributed by atoms with E-state index in [9.17, 15) is 13.2 Å². The lowest BCUT2D eigenvalue weighted by Crippen LogP contribution is -2.34. The number of aliphatic hydroxyl groups is 1. The second-order valence-electron chi connectivity index (χ2n) is 8.76. The molecule has 2 aromatic rings. The van der Waals surface area contributed by atoms with Crippen LogP contribution in [0.2, 0.25) is 0 Å². The number of aliphatic hydroxyl groups excluding tert-OH is 1. The number of halogens is 3. The summed E-state index contributed by atoms with van der Waals surface area (Å²) >= 11 is 0. The van der Waals surface area contributed by atoms with Gasteiger partial charge in [0.15, 0.2) is 0 Å². The van der Waals surface area contributed by atoms with Gasteiger partial charge in [-0.3, -0.25) is 0 Å². The number of nitrogens with zero attached hydrogens (tertiary/aromatic N) is 2. The van der Waals surface area contributed by atoms with Gasteiger partial charge in [0.2, 0.25) is 0 Å². The maximum absolute atomic E-state index is 13.3. The maximum atomic E-state index is 13.3. The SMILES string of the molecule is N#Cc1ccc(N2CCC(c3ccc(OC4CC(CCO)C4)cc3)CC2)cc1C(F)(F)F. The molecule has 1 saturated carbocycles. The molecule has 0 radical (unpaired) electrons. The summed E-state index contributed by atoms with van der Waals surface area (Å²) in [5.41, 5.74) is 0.520. The fourth-order valence-corrected chi connectivity index (χ4v) is 4.73. The van der Waals surface area contributed by atoms with Crippen molar-refractivity contribution >= 4 is 5.69 Å². The summed E-state index contributed by atoms with van der Waals surface area (Å²) in [5, 5.41) is 18.0. The molecule has 1 saturated heterocycles. The first-order valence-corrected chi connectivity index (χ1v) is 11.1. The predicted octanol–water partition coefficient (Wildman–Crippen LogP) is 5.50. The van der Waals surface area contributed by atoms with E-state index in [0.717, 1.165) is 43.9 Å². The Balaban J connectivity index is 1.33. The van der Waals surface area contributed by atoms with Gasteiger partial charge < -0.3 is 14.7 Å². The minimum absolute atomic E-state index is 0.231. The fourth-order valence-electron chi connectivity index (χ4n) is 4.73. The van der Waals surface area contributed by atoms with E-state index in [1.807, 2.05) is 17.0 Å². The number of benzene rings is 2. The third kappa shape index (κ3) is 5.02. The Kier molecular flexibility index (Phi) is 6.61. The number of ether oxygens (including phenoxy) is 1. The Morgan fingerprint density at radius 3 is 2.34 bits per heavy atom. The zero-order valence-corrected chi connectivity index (χ0v) is 17.8. The number of alkyl halides is 3. The van der Waals surface area contributed by atoms with Crippen molar-refractivity contribution in [1.29, 1.82) is 5.26 Å². The molecule has 32 heavy (non-hydrogen) atoms. The molecule has 2 aromatic carbocycles. The number of hydrogen-bond acceptors (Lipinski definition) is 4. The van der Waals surface area contributed by atoms with E-state index < -0.39 is 11.7 Å². The summed E-state index contributed by atoms with van der Waals surface area (Å²) in [5.74, 6) is 1.78. The molecular formula is C25H27F3N2O2. The van der Waals surface area contributed by atoms with Crippen molar-refractivity contribution in [2.45, 2.75) is 50.3 Å². The highest BCUT2D eigenvalue weighted by molar-refractivity contribution is 5.55. The fraction of sp³-hybridized carbons (Fsp3) is 0.480. The Morgan fingerprint density at radius 2 is 1.75 bits per heavy atom. The third-order valence-corrected chi connectivity index (χ3v) is 6.67. The van der Waals surface area contributed by atoms with Crippen LogP contribution in [0.1, 0.15) is 54.7 Å². The van der Waals surface area contributed by atoms with Gasteiger partial charge in [0.1, 0.15) is 5.75 Å². The summed E-state index contributed by atoms with van der Waals surface area (Å²) in [4.78, 5) is 1.96. The summed E-state index contributed by atoms with van der Waals surface area (Å²) in [6.45, 7) is 1.57. The summed E-state index contributed by atoms with van der Waals surface area (Å²) in [6.07, 6.45) is 0.229. The van der Waals surface area contributed by atoms with Gasteiger partial charge >= 0.3 is 6.18 Å². The number of nitriles is 1. The van der Waals surface area contributed by atoms with Crippen LogP contribution in [-0.4, -0.2) is 30.9 Å². The lowest BCUT2D eigenvalue weighted by atomic mass is 9.80. The van der Waals surface area contributed by atoms with Gasteiger partial charge in [-0.2, -0.15) is 18.4 Å². The molecule has 0 atom stereocenters. The molecule has 1 aliphatic carbocycles. The average Bonchev–Trinajstić information content (AvgIpc) is 2.77. The smallest absolute Gasteiger partial charge is 0.417 e. The van der Waals surface area contributed by atoms with Crippen molar-refractivity contribution in [3.05, 3.63) is 59.2 Å². The van der Waals surface area contributed by atoms with Gasteiger partial charge in [0, 0.05) is 25.4 Å². The van der Waals surface area contributed by atoms with Crippen LogP contribution < -0.4 is 9.64 Å². The highest BCUT2D eigenvalue weighted by Crippen LogP contribution is 2.37. The standard InChI is InChI=1S/C25H27F3N2O2/c26-25(27,28)24-15-21(4-1-20(24)16-29)30-10-7-19(8-11-30)18-2-5-22(6-3-18)32-23-13-17(14-23)9-12-31/h1-6,15,17,19,23,31H,7-14H2. The Bertz CT molecular complexity index is 955.